The molecule has 1 saturated heterocycles. The minimum Gasteiger partial charge on any atom is -0.467 e. The molecule has 0 bridgehead atoms. The van der Waals surface area contributed by atoms with Crippen LogP contribution in [0.25, 0.3) is 0 Å². The summed E-state index contributed by atoms with van der Waals surface area (Å²) >= 11 is 0. The maximum absolute atomic E-state index is 12.9. The Balaban J connectivity index is 1.64. The van der Waals surface area contributed by atoms with E-state index in [-0.39, 0.29) is 5.56 Å². The zero-order valence-electron chi connectivity index (χ0n) is 20.3. The van der Waals surface area contributed by atoms with Gasteiger partial charge in [-0.3, -0.25) is 24.5 Å². The molecule has 1 atom stereocenters. The lowest BCUT2D eigenvalue weighted by molar-refractivity contribution is -0.148. The molecule has 2 heterocycles. The van der Waals surface area contributed by atoms with Gasteiger partial charge in [-0.1, -0.05) is 11.8 Å². The van der Waals surface area contributed by atoms with Gasteiger partial charge < -0.3 is 19.4 Å². The molecule has 0 aliphatic carbocycles. The predicted molar refractivity (Wildman–Crippen MR) is 126 cm³/mol. The van der Waals surface area contributed by atoms with Crippen LogP contribution in [-0.4, -0.2) is 78.2 Å². The molecule has 1 aromatic carbocycles. The maximum atomic E-state index is 12.9. The molecule has 1 aliphatic rings. The fraction of sp³-hybridized carbons (Fsp3) is 0.400. The number of nitrogens with zero attached hydrogens (tertiary/aromatic N) is 2. The Hall–Kier alpha value is -3.65. The Kier molecular flexibility index (Phi) is 8.30. The van der Waals surface area contributed by atoms with E-state index in [4.69, 9.17) is 14.4 Å². The number of furan rings is 1. The first-order valence-electron chi connectivity index (χ1n) is 11.2. The van der Waals surface area contributed by atoms with Crippen molar-refractivity contribution in [2.24, 2.45) is 0 Å². The third-order valence-electron chi connectivity index (χ3n) is 6.03. The molecule has 186 valence electrons. The zero-order valence-corrected chi connectivity index (χ0v) is 20.3. The number of hydrogen-bond acceptors (Lipinski definition) is 7. The quantitative estimate of drug-likeness (QED) is 0.222. The highest BCUT2D eigenvalue weighted by molar-refractivity contribution is 6.12. The lowest BCUT2D eigenvalue weighted by atomic mass is 9.96. The minimum atomic E-state index is -1.95. The zero-order chi connectivity index (χ0) is 25.6. The third-order valence-corrected chi connectivity index (χ3v) is 6.03. The molecular formula is C25H30N4O6. The van der Waals surface area contributed by atoms with Crippen LogP contribution in [0, 0.1) is 11.8 Å². The van der Waals surface area contributed by atoms with Crippen molar-refractivity contribution in [3.05, 3.63) is 59.0 Å². The summed E-state index contributed by atoms with van der Waals surface area (Å²) in [5.74, 6) is 4.56. The Morgan fingerprint density at radius 2 is 1.86 bits per heavy atom. The summed E-state index contributed by atoms with van der Waals surface area (Å²) < 4.78 is 11.2. The molecule has 0 unspecified atom stereocenters. The summed E-state index contributed by atoms with van der Waals surface area (Å²) in [4.78, 5) is 40.6. The summed E-state index contributed by atoms with van der Waals surface area (Å²) in [6.07, 6.45) is 1.91. The normalized spacial score (nSPS) is 15.2. The molecule has 1 fully saturated rings. The molecule has 0 saturated carbocycles. The highest BCUT2D eigenvalue weighted by Crippen LogP contribution is 2.19. The number of amides is 3. The third kappa shape index (κ3) is 5.71. The second kappa shape index (κ2) is 11.2. The van der Waals surface area contributed by atoms with Crippen molar-refractivity contribution < 1.29 is 28.7 Å². The van der Waals surface area contributed by atoms with Crippen LogP contribution in [0.15, 0.2) is 41.0 Å². The summed E-state index contributed by atoms with van der Waals surface area (Å²) in [7, 11) is 2.65. The van der Waals surface area contributed by atoms with Crippen molar-refractivity contribution in [2.75, 3.05) is 33.8 Å². The molecule has 3 amide bonds. The number of hydrogen-bond donors (Lipinski definition) is 3. The molecule has 10 nitrogen and oxygen atoms in total. The molecule has 1 aliphatic heterocycles. The minimum absolute atomic E-state index is 0.254. The Morgan fingerprint density at radius 1 is 1.20 bits per heavy atom. The number of likely N-dealkylation sites (N-methyl/N-ethyl adjacent to an activating group) is 2. The summed E-state index contributed by atoms with van der Waals surface area (Å²) in [6, 6.07) is 8.37. The van der Waals surface area contributed by atoms with Crippen molar-refractivity contribution in [3.8, 4) is 11.8 Å². The molecule has 0 spiro atoms. The summed E-state index contributed by atoms with van der Waals surface area (Å²) in [6.45, 7) is 6.45. The summed E-state index contributed by atoms with van der Waals surface area (Å²) in [5.41, 5.74) is 1.18. The van der Waals surface area contributed by atoms with Crippen molar-refractivity contribution >= 4 is 17.7 Å². The molecule has 10 heteroatoms. The van der Waals surface area contributed by atoms with Crippen LogP contribution in [0.2, 0.25) is 0 Å². The van der Waals surface area contributed by atoms with Gasteiger partial charge in [-0.15, -0.1) is 0 Å². The number of rotatable bonds is 8. The van der Waals surface area contributed by atoms with E-state index in [1.54, 1.807) is 30.5 Å². The highest BCUT2D eigenvalue weighted by Gasteiger charge is 2.47. The number of ether oxygens (including phenoxy) is 1. The van der Waals surface area contributed by atoms with E-state index in [9.17, 15) is 14.4 Å². The van der Waals surface area contributed by atoms with E-state index >= 15 is 0 Å². The van der Waals surface area contributed by atoms with Gasteiger partial charge in [0.05, 0.1) is 18.2 Å². The topological polar surface area (TPSA) is 124 Å². The molecule has 1 aromatic heterocycles. The van der Waals surface area contributed by atoms with Gasteiger partial charge >= 0.3 is 0 Å². The van der Waals surface area contributed by atoms with Gasteiger partial charge in [0.2, 0.25) is 0 Å². The molecule has 3 rings (SSSR count). The molecule has 35 heavy (non-hydrogen) atoms. The summed E-state index contributed by atoms with van der Waals surface area (Å²) in [5, 5.41) is 11.4. The van der Waals surface area contributed by atoms with Gasteiger partial charge in [-0.2, -0.15) is 0 Å². The van der Waals surface area contributed by atoms with E-state index in [1.807, 2.05) is 13.0 Å². The van der Waals surface area contributed by atoms with E-state index < -0.39 is 23.3 Å². The molecule has 2 aromatic rings. The number of carbonyl (C=O) groups is 3. The number of likely N-dealkylation sites (tertiary alicyclic amines) is 1. The van der Waals surface area contributed by atoms with Crippen LogP contribution >= 0.6 is 0 Å². The first kappa shape index (κ1) is 26.0. The van der Waals surface area contributed by atoms with Crippen LogP contribution in [0.5, 0.6) is 0 Å². The van der Waals surface area contributed by atoms with Gasteiger partial charge in [-0.05, 0) is 44.2 Å². The van der Waals surface area contributed by atoms with Crippen LogP contribution in [0.3, 0.4) is 0 Å². The number of carbonyl (C=O) groups excluding carboxylic acids is 3. The van der Waals surface area contributed by atoms with Crippen molar-refractivity contribution in [1.29, 1.82) is 0 Å². The van der Waals surface area contributed by atoms with Gasteiger partial charge in [0.1, 0.15) is 12.0 Å². The van der Waals surface area contributed by atoms with Crippen LogP contribution in [0.4, 0.5) is 0 Å². The number of nitrogens with one attached hydrogen (secondary N) is 2. The highest BCUT2D eigenvalue weighted by atomic mass is 16.5. The molecule has 0 radical (unpaired) electrons. The van der Waals surface area contributed by atoms with Crippen LogP contribution in [0.1, 0.15) is 41.1 Å². The Bertz CT molecular complexity index is 1110. The van der Waals surface area contributed by atoms with Gasteiger partial charge in [-0.25, -0.2) is 5.48 Å². The Morgan fingerprint density at radius 3 is 2.46 bits per heavy atom. The lowest BCUT2D eigenvalue weighted by Gasteiger charge is -2.38. The van der Waals surface area contributed by atoms with Crippen molar-refractivity contribution in [3.63, 3.8) is 0 Å². The average Bonchev–Trinajstić information content (AvgIpc) is 3.31. The SMILES string of the molecule is CCOC1CN(Cc2cc(C#Cc3ccc(C(=O)N(C)[C@@](C)(C(=O)NC)C(=O)NO)cc3)co2)C1. The first-order valence-corrected chi connectivity index (χ1v) is 11.2. The average molecular weight is 483 g/mol. The fourth-order valence-corrected chi connectivity index (χ4v) is 3.74. The fourth-order valence-electron chi connectivity index (χ4n) is 3.74. The van der Waals surface area contributed by atoms with Gasteiger partial charge in [0, 0.05) is 44.9 Å². The standard InChI is InChI=1S/C25H30N4O6/c1-5-34-21-14-29(15-21)13-20-12-18(16-35-20)7-6-17-8-10-19(11-9-17)22(30)28(4)25(2,23(31)26-3)24(32)27-33/h8-12,16,21,33H,5,13-15H2,1-4H3,(H,26,31)(H,27,32)/t25-/m0/s1. The smallest absolute Gasteiger partial charge is 0.278 e. The monoisotopic (exact) mass is 482 g/mol. The second-order valence-electron chi connectivity index (χ2n) is 8.36. The van der Waals surface area contributed by atoms with E-state index in [1.165, 1.54) is 26.5 Å². The number of hydroxylamine groups is 1. The Labute approximate surface area is 204 Å². The lowest BCUT2D eigenvalue weighted by Crippen LogP contribution is -2.64. The predicted octanol–water partition coefficient (Wildman–Crippen LogP) is 0.982. The largest absolute Gasteiger partial charge is 0.467 e. The first-order chi connectivity index (χ1) is 16.7. The van der Waals surface area contributed by atoms with Crippen LogP contribution < -0.4 is 10.8 Å². The maximum Gasteiger partial charge on any atom is 0.278 e. The molecular weight excluding hydrogens is 452 g/mol. The van der Waals surface area contributed by atoms with Crippen molar-refractivity contribution in [1.82, 2.24) is 20.6 Å². The van der Waals surface area contributed by atoms with Gasteiger partial charge in [0.15, 0.2) is 5.54 Å². The van der Waals surface area contributed by atoms with Crippen LogP contribution in [-0.2, 0) is 20.9 Å². The molecule has 3 N–H and O–H groups in total. The number of benzene rings is 1. The van der Waals surface area contributed by atoms with E-state index in [0.717, 1.165) is 35.9 Å². The van der Waals surface area contributed by atoms with E-state index in [2.05, 4.69) is 22.1 Å². The van der Waals surface area contributed by atoms with E-state index in [0.29, 0.717) is 18.2 Å². The second-order valence-corrected chi connectivity index (χ2v) is 8.36. The van der Waals surface area contributed by atoms with Gasteiger partial charge in [0.25, 0.3) is 17.7 Å². The van der Waals surface area contributed by atoms with Crippen molar-refractivity contribution in [2.45, 2.75) is 32.0 Å².